The van der Waals surface area contributed by atoms with E-state index in [0.29, 0.717) is 20.3 Å². The molecule has 1 fully saturated rings. The molecule has 2 aromatic rings. The second kappa shape index (κ2) is 6.84. The number of halogens is 2. The van der Waals surface area contributed by atoms with Gasteiger partial charge in [0.15, 0.2) is 5.09 Å². The lowest BCUT2D eigenvalue weighted by Gasteiger charge is -2.13. The number of hydrogen-bond acceptors (Lipinski definition) is 5. The molecule has 3 rings (SSSR count). The Morgan fingerprint density at radius 2 is 1.71 bits per heavy atom. The summed E-state index contributed by atoms with van der Waals surface area (Å²) in [7, 11) is 0. The molecule has 2 N–H and O–H groups in total. The van der Waals surface area contributed by atoms with Gasteiger partial charge in [-0.25, -0.2) is 4.79 Å². The van der Waals surface area contributed by atoms with E-state index >= 15 is 0 Å². The third kappa shape index (κ3) is 3.72. The predicted molar refractivity (Wildman–Crippen MR) is 91.6 cm³/mol. The van der Waals surface area contributed by atoms with Crippen LogP contribution in [0.5, 0.6) is 0 Å². The van der Waals surface area contributed by atoms with Crippen LogP contribution in [0.2, 0.25) is 5.02 Å². The van der Waals surface area contributed by atoms with Crippen LogP contribution in [0.3, 0.4) is 0 Å². The zero-order valence-corrected chi connectivity index (χ0v) is 14.9. The first kappa shape index (κ1) is 16.8. The molecule has 24 heavy (non-hydrogen) atoms. The first-order valence-electron chi connectivity index (χ1n) is 6.53. The lowest BCUT2D eigenvalue weighted by molar-refractivity contribution is -0.123. The number of nitrogens with one attached hydrogen (secondary N) is 2. The number of furan rings is 1. The number of urea groups is 1. The highest BCUT2D eigenvalue weighted by Crippen LogP contribution is 2.36. The Hall–Kier alpha value is -2.03. The van der Waals surface area contributed by atoms with E-state index in [2.05, 4.69) is 15.9 Å². The number of benzene rings is 1. The Balaban J connectivity index is 1.84. The van der Waals surface area contributed by atoms with Crippen LogP contribution in [0.4, 0.5) is 4.79 Å². The molecule has 0 atom stereocenters. The number of amides is 4. The van der Waals surface area contributed by atoms with Gasteiger partial charge in [0.05, 0.1) is 4.47 Å². The summed E-state index contributed by atoms with van der Waals surface area (Å²) in [6.07, 6.45) is 1.27. The maximum absolute atomic E-state index is 11.7. The average Bonchev–Trinajstić information content (AvgIpc) is 2.85. The van der Waals surface area contributed by atoms with Gasteiger partial charge in [-0.15, -0.1) is 0 Å². The lowest BCUT2D eigenvalue weighted by atomic mass is 10.1. The maximum atomic E-state index is 11.7. The molecule has 0 saturated carbocycles. The number of hydrogen-bond donors (Lipinski definition) is 2. The van der Waals surface area contributed by atoms with Crippen molar-refractivity contribution in [1.82, 2.24) is 10.6 Å². The fourth-order valence-corrected chi connectivity index (χ4v) is 3.32. The van der Waals surface area contributed by atoms with Crippen LogP contribution in [-0.4, -0.2) is 17.8 Å². The van der Waals surface area contributed by atoms with Gasteiger partial charge in [-0.3, -0.25) is 20.2 Å². The van der Waals surface area contributed by atoms with Gasteiger partial charge in [0.1, 0.15) is 11.3 Å². The largest absolute Gasteiger partial charge is 0.449 e. The van der Waals surface area contributed by atoms with Crippen molar-refractivity contribution in [3.05, 3.63) is 51.2 Å². The van der Waals surface area contributed by atoms with Gasteiger partial charge in [0.25, 0.3) is 11.8 Å². The summed E-state index contributed by atoms with van der Waals surface area (Å²) in [5.41, 5.74) is -0.209. The third-order valence-corrected chi connectivity index (χ3v) is 5.03. The maximum Gasteiger partial charge on any atom is 0.328 e. The second-order valence-corrected chi connectivity index (χ2v) is 6.97. The molecular weight excluding hydrogens is 420 g/mol. The molecule has 2 heterocycles. The topological polar surface area (TPSA) is 88.4 Å². The van der Waals surface area contributed by atoms with Crippen LogP contribution in [0.1, 0.15) is 5.76 Å². The first-order valence-corrected chi connectivity index (χ1v) is 8.52. The van der Waals surface area contributed by atoms with Crippen LogP contribution in [0.25, 0.3) is 6.08 Å². The van der Waals surface area contributed by atoms with E-state index < -0.39 is 17.8 Å². The zero-order valence-electron chi connectivity index (χ0n) is 11.8. The molecule has 0 radical (unpaired) electrons. The zero-order chi connectivity index (χ0) is 17.3. The van der Waals surface area contributed by atoms with E-state index in [-0.39, 0.29) is 5.57 Å². The minimum Gasteiger partial charge on any atom is -0.449 e. The highest BCUT2D eigenvalue weighted by molar-refractivity contribution is 9.10. The molecule has 4 amide bonds. The van der Waals surface area contributed by atoms with Crippen LogP contribution in [0, 0.1) is 0 Å². The highest BCUT2D eigenvalue weighted by Gasteiger charge is 2.28. The molecule has 1 aliphatic rings. The van der Waals surface area contributed by atoms with Crippen molar-refractivity contribution in [2.75, 3.05) is 0 Å². The van der Waals surface area contributed by atoms with Crippen molar-refractivity contribution in [3.8, 4) is 0 Å². The summed E-state index contributed by atoms with van der Waals surface area (Å²) < 4.78 is 6.31. The summed E-state index contributed by atoms with van der Waals surface area (Å²) in [5.74, 6) is -1.25. The normalized spacial score (nSPS) is 14.4. The Labute approximate surface area is 153 Å². The SMILES string of the molecule is O=C1NC(=O)C(=Cc2cc(Br)c(Sc3ccc(Cl)cc3)o2)C(=O)N1. The fraction of sp³-hybridized carbons (Fsp3) is 0. The molecule has 0 aliphatic carbocycles. The standard InChI is InChI=1S/C15H8BrClN2O4S/c16-11-6-8(5-10-12(20)18-15(22)19-13(10)21)23-14(11)24-9-3-1-7(17)2-4-9/h1-6H,(H2,18,19,20,21,22). The quantitative estimate of drug-likeness (QED) is 0.577. The van der Waals surface area contributed by atoms with Gasteiger partial charge in [-0.2, -0.15) is 0 Å². The van der Waals surface area contributed by atoms with E-state index in [4.69, 9.17) is 16.0 Å². The minimum atomic E-state index is -0.846. The summed E-state index contributed by atoms with van der Waals surface area (Å²) in [4.78, 5) is 35.3. The van der Waals surface area contributed by atoms with Crippen LogP contribution in [0.15, 0.2) is 54.8 Å². The van der Waals surface area contributed by atoms with Gasteiger partial charge in [-0.05, 0) is 52.3 Å². The average molecular weight is 428 g/mol. The molecule has 0 unspecified atom stereocenters. The van der Waals surface area contributed by atoms with Crippen LogP contribution >= 0.6 is 39.3 Å². The summed E-state index contributed by atoms with van der Waals surface area (Å²) in [5, 5.41) is 5.18. The summed E-state index contributed by atoms with van der Waals surface area (Å²) in [6.45, 7) is 0. The number of carbonyl (C=O) groups is 3. The van der Waals surface area contributed by atoms with Gasteiger partial charge in [-0.1, -0.05) is 23.4 Å². The van der Waals surface area contributed by atoms with Crippen molar-refractivity contribution in [2.45, 2.75) is 9.99 Å². The smallest absolute Gasteiger partial charge is 0.328 e. The van der Waals surface area contributed by atoms with Gasteiger partial charge in [0, 0.05) is 9.92 Å². The van der Waals surface area contributed by atoms with Crippen LogP contribution < -0.4 is 10.6 Å². The Kier molecular flexibility index (Phi) is 4.79. The molecule has 122 valence electrons. The van der Waals surface area contributed by atoms with Crippen molar-refractivity contribution in [1.29, 1.82) is 0 Å². The molecule has 0 spiro atoms. The fourth-order valence-electron chi connectivity index (χ4n) is 1.87. The molecular formula is C15H8BrClN2O4S. The van der Waals surface area contributed by atoms with Gasteiger partial charge >= 0.3 is 6.03 Å². The molecule has 1 aliphatic heterocycles. The van der Waals surface area contributed by atoms with Crippen molar-refractivity contribution in [2.24, 2.45) is 0 Å². The van der Waals surface area contributed by atoms with Gasteiger partial charge in [0.2, 0.25) is 0 Å². The summed E-state index contributed by atoms with van der Waals surface area (Å²) >= 11 is 10.6. The van der Waals surface area contributed by atoms with E-state index in [9.17, 15) is 14.4 Å². The Bertz CT molecular complexity index is 854. The minimum absolute atomic E-state index is 0.209. The molecule has 9 heteroatoms. The first-order chi connectivity index (χ1) is 11.4. The van der Waals surface area contributed by atoms with E-state index in [1.165, 1.54) is 17.8 Å². The highest BCUT2D eigenvalue weighted by atomic mass is 79.9. The molecule has 1 aromatic heterocycles. The molecule has 0 bridgehead atoms. The number of carbonyl (C=O) groups excluding carboxylic acids is 3. The lowest BCUT2D eigenvalue weighted by Crippen LogP contribution is -2.51. The van der Waals surface area contributed by atoms with Crippen molar-refractivity contribution in [3.63, 3.8) is 0 Å². The third-order valence-electron chi connectivity index (χ3n) is 2.93. The molecule has 1 aromatic carbocycles. The Morgan fingerprint density at radius 1 is 1.08 bits per heavy atom. The molecule has 6 nitrogen and oxygen atoms in total. The van der Waals surface area contributed by atoms with Crippen molar-refractivity contribution >= 4 is 63.2 Å². The van der Waals surface area contributed by atoms with E-state index in [1.807, 2.05) is 22.8 Å². The van der Waals surface area contributed by atoms with Crippen molar-refractivity contribution < 1.29 is 18.8 Å². The monoisotopic (exact) mass is 426 g/mol. The van der Waals surface area contributed by atoms with E-state index in [1.54, 1.807) is 18.2 Å². The number of imide groups is 2. The predicted octanol–water partition coefficient (Wildman–Crippen LogP) is 3.60. The van der Waals surface area contributed by atoms with E-state index in [0.717, 1.165) is 4.90 Å². The Morgan fingerprint density at radius 3 is 2.33 bits per heavy atom. The molecule has 1 saturated heterocycles. The van der Waals surface area contributed by atoms with Gasteiger partial charge < -0.3 is 4.42 Å². The number of barbiturate groups is 1. The second-order valence-electron chi connectivity index (χ2n) is 4.64. The summed E-state index contributed by atoms with van der Waals surface area (Å²) in [6, 6.07) is 7.99. The number of rotatable bonds is 3. The van der Waals surface area contributed by atoms with Crippen LogP contribution in [-0.2, 0) is 9.59 Å².